The molecule has 68 valence electrons. The van der Waals surface area contributed by atoms with Crippen molar-refractivity contribution >= 4 is 5.91 Å². The lowest BCUT2D eigenvalue weighted by Gasteiger charge is -2.16. The van der Waals surface area contributed by atoms with Crippen molar-refractivity contribution in [3.05, 3.63) is 17.2 Å². The van der Waals surface area contributed by atoms with Crippen LogP contribution in [0.3, 0.4) is 0 Å². The highest BCUT2D eigenvalue weighted by Gasteiger charge is 2.26. The minimum absolute atomic E-state index is 0.0411. The summed E-state index contributed by atoms with van der Waals surface area (Å²) in [7, 11) is 0. The molecule has 2 aliphatic heterocycles. The van der Waals surface area contributed by atoms with Gasteiger partial charge in [0.25, 0.3) is 5.91 Å². The SMILES string of the molecule is O=C1NCCn2c1nc1c2CNC1. The summed E-state index contributed by atoms with van der Waals surface area (Å²) in [4.78, 5) is 15.7. The zero-order valence-corrected chi connectivity index (χ0v) is 7.13. The summed E-state index contributed by atoms with van der Waals surface area (Å²) >= 11 is 0. The smallest absolute Gasteiger partial charge is 0.287 e. The standard InChI is InChI=1S/C8H10N4O/c13-8-7-11-5-3-9-4-6(5)12(7)2-1-10-8/h9H,1-4H2,(H,10,13). The summed E-state index contributed by atoms with van der Waals surface area (Å²) in [5, 5.41) is 6.00. The molecule has 0 saturated carbocycles. The molecular weight excluding hydrogens is 168 g/mol. The molecular formula is C8H10N4O. The summed E-state index contributed by atoms with van der Waals surface area (Å²) in [6, 6.07) is 0. The molecule has 13 heavy (non-hydrogen) atoms. The minimum atomic E-state index is -0.0411. The Kier molecular flexibility index (Phi) is 1.26. The first-order valence-electron chi connectivity index (χ1n) is 4.43. The molecule has 2 N–H and O–H groups in total. The Hall–Kier alpha value is -1.36. The molecule has 0 radical (unpaired) electrons. The molecule has 0 fully saturated rings. The lowest BCUT2D eigenvalue weighted by molar-refractivity contribution is 0.0921. The van der Waals surface area contributed by atoms with E-state index in [1.54, 1.807) is 0 Å². The molecule has 3 heterocycles. The second kappa shape index (κ2) is 2.32. The Morgan fingerprint density at radius 2 is 2.31 bits per heavy atom. The summed E-state index contributed by atoms with van der Waals surface area (Å²) in [5.74, 6) is 0.540. The molecule has 3 rings (SSSR count). The van der Waals surface area contributed by atoms with Gasteiger partial charge in [-0.3, -0.25) is 4.79 Å². The van der Waals surface area contributed by atoms with E-state index in [0.717, 1.165) is 25.3 Å². The number of carbonyl (C=O) groups is 1. The van der Waals surface area contributed by atoms with Gasteiger partial charge in [0.2, 0.25) is 0 Å². The average Bonchev–Trinajstić information content (AvgIpc) is 2.65. The fourth-order valence-electron chi connectivity index (χ4n) is 1.95. The van der Waals surface area contributed by atoms with Gasteiger partial charge in [-0.2, -0.15) is 0 Å². The third-order valence-corrected chi connectivity index (χ3v) is 2.56. The van der Waals surface area contributed by atoms with Gasteiger partial charge in [-0.25, -0.2) is 4.98 Å². The number of amides is 1. The summed E-state index contributed by atoms with van der Waals surface area (Å²) in [5.41, 5.74) is 2.22. The third kappa shape index (κ3) is 0.846. The first-order chi connectivity index (χ1) is 6.36. The van der Waals surface area contributed by atoms with Gasteiger partial charge in [-0.15, -0.1) is 0 Å². The van der Waals surface area contributed by atoms with E-state index in [9.17, 15) is 4.79 Å². The molecule has 0 saturated heterocycles. The first kappa shape index (κ1) is 7.08. The Morgan fingerprint density at radius 3 is 3.23 bits per heavy atom. The number of nitrogens with one attached hydrogen (secondary N) is 2. The predicted molar refractivity (Wildman–Crippen MR) is 45.1 cm³/mol. The van der Waals surface area contributed by atoms with Crippen LogP contribution in [0.15, 0.2) is 0 Å². The van der Waals surface area contributed by atoms with Crippen molar-refractivity contribution in [1.82, 2.24) is 20.2 Å². The van der Waals surface area contributed by atoms with Crippen LogP contribution in [-0.4, -0.2) is 22.0 Å². The number of hydrogen-bond acceptors (Lipinski definition) is 3. The number of rotatable bonds is 0. The van der Waals surface area contributed by atoms with Crippen LogP contribution < -0.4 is 10.6 Å². The van der Waals surface area contributed by atoms with Gasteiger partial charge in [0.05, 0.1) is 11.4 Å². The molecule has 0 aromatic carbocycles. The van der Waals surface area contributed by atoms with Crippen molar-refractivity contribution in [2.24, 2.45) is 0 Å². The van der Waals surface area contributed by atoms with Gasteiger partial charge in [0.1, 0.15) is 0 Å². The predicted octanol–water partition coefficient (Wildman–Crippen LogP) is -0.770. The van der Waals surface area contributed by atoms with Crippen LogP contribution in [0.5, 0.6) is 0 Å². The number of carbonyl (C=O) groups excluding carboxylic acids is 1. The number of aromatic nitrogens is 2. The zero-order valence-electron chi connectivity index (χ0n) is 7.13. The van der Waals surface area contributed by atoms with E-state index in [2.05, 4.69) is 15.6 Å². The van der Waals surface area contributed by atoms with Crippen LogP contribution in [0.4, 0.5) is 0 Å². The Bertz CT molecular complexity index is 382. The lowest BCUT2D eigenvalue weighted by atomic mass is 10.3. The van der Waals surface area contributed by atoms with Crippen LogP contribution in [0.2, 0.25) is 0 Å². The van der Waals surface area contributed by atoms with E-state index in [1.165, 1.54) is 5.69 Å². The molecule has 1 amide bonds. The quantitative estimate of drug-likeness (QED) is 0.548. The van der Waals surface area contributed by atoms with Crippen LogP contribution in [-0.2, 0) is 19.6 Å². The van der Waals surface area contributed by atoms with Gasteiger partial charge < -0.3 is 15.2 Å². The molecule has 5 heteroatoms. The Balaban J connectivity index is 2.19. The maximum atomic E-state index is 11.4. The van der Waals surface area contributed by atoms with Crippen molar-refractivity contribution in [3.8, 4) is 0 Å². The first-order valence-corrected chi connectivity index (χ1v) is 4.43. The summed E-state index contributed by atoms with van der Waals surface area (Å²) in [6.45, 7) is 3.21. The van der Waals surface area contributed by atoms with Gasteiger partial charge in [-0.05, 0) is 0 Å². The van der Waals surface area contributed by atoms with E-state index in [1.807, 2.05) is 4.57 Å². The van der Waals surface area contributed by atoms with Crippen molar-refractivity contribution in [1.29, 1.82) is 0 Å². The molecule has 1 aromatic heterocycles. The summed E-state index contributed by atoms with van der Waals surface area (Å²) < 4.78 is 2.02. The number of fused-ring (bicyclic) bond motifs is 3. The molecule has 1 aromatic rings. The van der Waals surface area contributed by atoms with Gasteiger partial charge in [0, 0.05) is 26.2 Å². The molecule has 0 bridgehead atoms. The zero-order chi connectivity index (χ0) is 8.84. The average molecular weight is 178 g/mol. The van der Waals surface area contributed by atoms with E-state index in [4.69, 9.17) is 0 Å². The molecule has 5 nitrogen and oxygen atoms in total. The van der Waals surface area contributed by atoms with E-state index in [0.29, 0.717) is 12.4 Å². The maximum absolute atomic E-state index is 11.4. The van der Waals surface area contributed by atoms with Gasteiger partial charge >= 0.3 is 0 Å². The molecule has 0 atom stereocenters. The number of nitrogens with zero attached hydrogens (tertiary/aromatic N) is 2. The fraction of sp³-hybridized carbons (Fsp3) is 0.500. The van der Waals surface area contributed by atoms with Crippen molar-refractivity contribution in [2.45, 2.75) is 19.6 Å². The number of hydrogen-bond donors (Lipinski definition) is 2. The van der Waals surface area contributed by atoms with Crippen molar-refractivity contribution < 1.29 is 4.79 Å². The molecule has 0 unspecified atom stereocenters. The minimum Gasteiger partial charge on any atom is -0.348 e. The van der Waals surface area contributed by atoms with Crippen molar-refractivity contribution in [3.63, 3.8) is 0 Å². The molecule has 0 aliphatic carbocycles. The van der Waals surface area contributed by atoms with Crippen LogP contribution in [0.1, 0.15) is 22.0 Å². The highest BCUT2D eigenvalue weighted by molar-refractivity contribution is 5.91. The maximum Gasteiger partial charge on any atom is 0.287 e. The Morgan fingerprint density at radius 1 is 1.38 bits per heavy atom. The second-order valence-corrected chi connectivity index (χ2v) is 3.34. The van der Waals surface area contributed by atoms with E-state index < -0.39 is 0 Å². The highest BCUT2D eigenvalue weighted by Crippen LogP contribution is 2.18. The second-order valence-electron chi connectivity index (χ2n) is 3.34. The number of imidazole rings is 1. The monoisotopic (exact) mass is 178 g/mol. The van der Waals surface area contributed by atoms with Crippen molar-refractivity contribution in [2.75, 3.05) is 6.54 Å². The fourth-order valence-corrected chi connectivity index (χ4v) is 1.95. The molecule has 2 aliphatic rings. The van der Waals surface area contributed by atoms with Crippen LogP contribution >= 0.6 is 0 Å². The lowest BCUT2D eigenvalue weighted by Crippen LogP contribution is -2.36. The normalized spacial score (nSPS) is 19.5. The van der Waals surface area contributed by atoms with E-state index in [-0.39, 0.29) is 5.91 Å². The third-order valence-electron chi connectivity index (χ3n) is 2.56. The summed E-state index contributed by atoms with van der Waals surface area (Å²) in [6.07, 6.45) is 0. The van der Waals surface area contributed by atoms with Crippen LogP contribution in [0, 0.1) is 0 Å². The Labute approximate surface area is 75.1 Å². The topological polar surface area (TPSA) is 59.0 Å². The van der Waals surface area contributed by atoms with Gasteiger partial charge in [0.15, 0.2) is 5.82 Å². The molecule has 0 spiro atoms. The van der Waals surface area contributed by atoms with E-state index >= 15 is 0 Å². The highest BCUT2D eigenvalue weighted by atomic mass is 16.2. The largest absolute Gasteiger partial charge is 0.348 e. The van der Waals surface area contributed by atoms with Gasteiger partial charge in [-0.1, -0.05) is 0 Å². The van der Waals surface area contributed by atoms with Crippen LogP contribution in [0.25, 0.3) is 0 Å².